The first-order chi connectivity index (χ1) is 13.8. The van der Waals surface area contributed by atoms with Gasteiger partial charge in [0.15, 0.2) is 0 Å². The fraction of sp³-hybridized carbons (Fsp3) is 0.480. The Morgan fingerprint density at radius 3 is 2.29 bits per heavy atom. The lowest BCUT2D eigenvalue weighted by atomic mass is 10.0. The van der Waals surface area contributed by atoms with Crippen molar-refractivity contribution < 1.29 is 9.47 Å². The molecule has 0 aliphatic heterocycles. The predicted octanol–water partition coefficient (Wildman–Crippen LogP) is 7.31. The van der Waals surface area contributed by atoms with Crippen molar-refractivity contribution in [3.8, 4) is 11.6 Å². The van der Waals surface area contributed by atoms with E-state index in [1.54, 1.807) is 0 Å². The van der Waals surface area contributed by atoms with Gasteiger partial charge in [-0.3, -0.25) is 0 Å². The van der Waals surface area contributed by atoms with Crippen molar-refractivity contribution in [2.45, 2.75) is 65.2 Å². The fourth-order valence-corrected chi connectivity index (χ4v) is 3.47. The van der Waals surface area contributed by atoms with Crippen LogP contribution in [0.3, 0.4) is 0 Å². The lowest BCUT2D eigenvalue weighted by molar-refractivity contribution is 0.299. The van der Waals surface area contributed by atoms with E-state index in [9.17, 15) is 0 Å². The van der Waals surface area contributed by atoms with E-state index in [1.807, 2.05) is 6.07 Å². The molecule has 0 unspecified atom stereocenters. The maximum Gasteiger partial charge on any atom is 0.213 e. The van der Waals surface area contributed by atoms with Crippen LogP contribution in [-0.4, -0.2) is 18.2 Å². The lowest BCUT2D eigenvalue weighted by Gasteiger charge is -2.10. The summed E-state index contributed by atoms with van der Waals surface area (Å²) >= 11 is 0. The molecule has 0 amide bonds. The zero-order valence-electron chi connectivity index (χ0n) is 17.4. The highest BCUT2D eigenvalue weighted by atomic mass is 16.5. The van der Waals surface area contributed by atoms with Crippen molar-refractivity contribution in [2.75, 3.05) is 13.2 Å². The quantitative estimate of drug-likeness (QED) is 0.244. The molecular formula is C25H33NO2. The van der Waals surface area contributed by atoms with E-state index in [4.69, 9.17) is 9.47 Å². The van der Waals surface area contributed by atoms with Crippen molar-refractivity contribution in [3.05, 3.63) is 42.5 Å². The average molecular weight is 380 g/mol. The molecule has 3 nitrogen and oxygen atoms in total. The van der Waals surface area contributed by atoms with Crippen molar-refractivity contribution in [2.24, 2.45) is 0 Å². The van der Waals surface area contributed by atoms with Crippen LogP contribution in [-0.2, 0) is 0 Å². The monoisotopic (exact) mass is 379 g/mol. The molecular weight excluding hydrogens is 346 g/mol. The smallest absolute Gasteiger partial charge is 0.213 e. The molecule has 0 bridgehead atoms. The molecule has 150 valence electrons. The Morgan fingerprint density at radius 1 is 0.679 bits per heavy atom. The standard InChI is InChI=1S/C25H33NO2/c1-3-5-7-8-9-10-18-27-21-12-13-22-20(19-21)11-15-24-23(22)14-16-25(26-24)28-17-6-4-2/h11-16,19H,3-10,17-18H2,1-2H3. The molecule has 0 N–H and O–H groups in total. The number of unbranched alkanes of at least 4 members (excludes halogenated alkanes) is 6. The molecule has 3 aromatic rings. The first-order valence-electron chi connectivity index (χ1n) is 10.9. The molecule has 0 atom stereocenters. The van der Waals surface area contributed by atoms with Gasteiger partial charge in [-0.25, -0.2) is 4.98 Å². The van der Waals surface area contributed by atoms with E-state index in [-0.39, 0.29) is 0 Å². The second kappa shape index (κ2) is 10.9. The number of hydrogen-bond acceptors (Lipinski definition) is 3. The van der Waals surface area contributed by atoms with E-state index in [0.29, 0.717) is 5.88 Å². The third-order valence-electron chi connectivity index (χ3n) is 5.15. The van der Waals surface area contributed by atoms with Gasteiger partial charge in [0.1, 0.15) is 5.75 Å². The van der Waals surface area contributed by atoms with Crippen LogP contribution in [0.2, 0.25) is 0 Å². The van der Waals surface area contributed by atoms with Crippen LogP contribution in [0.25, 0.3) is 21.7 Å². The summed E-state index contributed by atoms with van der Waals surface area (Å²) in [7, 11) is 0. The number of nitrogens with zero attached hydrogens (tertiary/aromatic N) is 1. The third kappa shape index (κ3) is 5.60. The molecule has 0 aliphatic carbocycles. The second-order valence-corrected chi connectivity index (χ2v) is 7.48. The first-order valence-corrected chi connectivity index (χ1v) is 10.9. The van der Waals surface area contributed by atoms with Crippen LogP contribution in [0.15, 0.2) is 42.5 Å². The van der Waals surface area contributed by atoms with E-state index in [2.05, 4.69) is 55.2 Å². The largest absolute Gasteiger partial charge is 0.494 e. The normalized spacial score (nSPS) is 11.2. The van der Waals surface area contributed by atoms with Crippen LogP contribution in [0.1, 0.15) is 65.2 Å². The van der Waals surface area contributed by atoms with Gasteiger partial charge in [-0.2, -0.15) is 0 Å². The first kappa shape index (κ1) is 20.4. The number of fused-ring (bicyclic) bond motifs is 3. The molecule has 1 aromatic heterocycles. The van der Waals surface area contributed by atoms with Crippen molar-refractivity contribution in [3.63, 3.8) is 0 Å². The summed E-state index contributed by atoms with van der Waals surface area (Å²) in [5, 5.41) is 3.55. The van der Waals surface area contributed by atoms with Gasteiger partial charge in [0, 0.05) is 11.5 Å². The molecule has 0 saturated heterocycles. The highest BCUT2D eigenvalue weighted by Gasteiger charge is 2.05. The molecule has 3 heteroatoms. The van der Waals surface area contributed by atoms with Gasteiger partial charge in [-0.1, -0.05) is 64.5 Å². The molecule has 0 aliphatic rings. The fourth-order valence-electron chi connectivity index (χ4n) is 3.47. The molecule has 3 rings (SSSR count). The zero-order chi connectivity index (χ0) is 19.6. The second-order valence-electron chi connectivity index (χ2n) is 7.48. The number of aromatic nitrogens is 1. The Hall–Kier alpha value is -2.29. The molecule has 0 spiro atoms. The Balaban J connectivity index is 1.62. The van der Waals surface area contributed by atoms with Gasteiger partial charge in [0.2, 0.25) is 5.88 Å². The SMILES string of the molecule is CCCCCCCCOc1ccc2c(ccc3nc(OCCCC)ccc32)c1. The maximum absolute atomic E-state index is 5.97. The van der Waals surface area contributed by atoms with Gasteiger partial charge >= 0.3 is 0 Å². The summed E-state index contributed by atoms with van der Waals surface area (Å²) < 4.78 is 11.7. The summed E-state index contributed by atoms with van der Waals surface area (Å²) in [6, 6.07) is 14.6. The van der Waals surface area contributed by atoms with Gasteiger partial charge in [0.05, 0.1) is 18.7 Å². The van der Waals surface area contributed by atoms with Crippen LogP contribution in [0, 0.1) is 0 Å². The Bertz CT molecular complexity index is 875. The molecule has 0 radical (unpaired) electrons. The lowest BCUT2D eigenvalue weighted by Crippen LogP contribution is -1.98. The topological polar surface area (TPSA) is 31.4 Å². The van der Waals surface area contributed by atoms with E-state index >= 15 is 0 Å². The Kier molecular flexibility index (Phi) is 7.95. The number of benzene rings is 2. The number of ether oxygens (including phenoxy) is 2. The summed E-state index contributed by atoms with van der Waals surface area (Å²) in [5.74, 6) is 1.66. The van der Waals surface area contributed by atoms with E-state index in [1.165, 1.54) is 42.9 Å². The highest BCUT2D eigenvalue weighted by Crippen LogP contribution is 2.29. The molecule has 2 aromatic carbocycles. The summed E-state index contributed by atoms with van der Waals surface area (Å²) in [5.41, 5.74) is 0.974. The number of pyridine rings is 1. The van der Waals surface area contributed by atoms with Crippen LogP contribution < -0.4 is 9.47 Å². The Labute approximate surface area is 169 Å². The van der Waals surface area contributed by atoms with Crippen molar-refractivity contribution >= 4 is 21.7 Å². The summed E-state index contributed by atoms with van der Waals surface area (Å²) in [4.78, 5) is 4.66. The van der Waals surface area contributed by atoms with E-state index < -0.39 is 0 Å². The average Bonchev–Trinajstić information content (AvgIpc) is 2.73. The van der Waals surface area contributed by atoms with Gasteiger partial charge in [-0.05, 0) is 47.9 Å². The minimum absolute atomic E-state index is 0.708. The minimum Gasteiger partial charge on any atom is -0.494 e. The van der Waals surface area contributed by atoms with E-state index in [0.717, 1.165) is 49.1 Å². The maximum atomic E-state index is 5.97. The van der Waals surface area contributed by atoms with Crippen molar-refractivity contribution in [1.29, 1.82) is 0 Å². The minimum atomic E-state index is 0.708. The molecule has 28 heavy (non-hydrogen) atoms. The summed E-state index contributed by atoms with van der Waals surface area (Å²) in [6.45, 7) is 5.93. The summed E-state index contributed by atoms with van der Waals surface area (Å²) in [6.07, 6.45) is 9.87. The van der Waals surface area contributed by atoms with Gasteiger partial charge < -0.3 is 9.47 Å². The van der Waals surface area contributed by atoms with Crippen molar-refractivity contribution in [1.82, 2.24) is 4.98 Å². The number of hydrogen-bond donors (Lipinski definition) is 0. The van der Waals surface area contributed by atoms with Gasteiger partial charge in [0.25, 0.3) is 0 Å². The Morgan fingerprint density at radius 2 is 1.43 bits per heavy atom. The van der Waals surface area contributed by atoms with Gasteiger partial charge in [-0.15, -0.1) is 0 Å². The molecule has 0 fully saturated rings. The third-order valence-corrected chi connectivity index (χ3v) is 5.15. The molecule has 1 heterocycles. The van der Waals surface area contributed by atoms with Crippen LogP contribution in [0.4, 0.5) is 0 Å². The zero-order valence-corrected chi connectivity index (χ0v) is 17.4. The predicted molar refractivity (Wildman–Crippen MR) is 119 cm³/mol. The van der Waals surface area contributed by atoms with Crippen LogP contribution >= 0.6 is 0 Å². The van der Waals surface area contributed by atoms with Crippen LogP contribution in [0.5, 0.6) is 11.6 Å². The molecule has 0 saturated carbocycles. The highest BCUT2D eigenvalue weighted by molar-refractivity contribution is 6.06. The number of rotatable bonds is 12.